The molecule has 5 rings (SSSR count). The number of benzene rings is 3. The van der Waals surface area contributed by atoms with E-state index in [0.717, 1.165) is 51.0 Å². The van der Waals surface area contributed by atoms with Gasteiger partial charge in [0, 0.05) is 36.3 Å². The quantitative estimate of drug-likeness (QED) is 0.0810. The van der Waals surface area contributed by atoms with Crippen LogP contribution in [0.2, 0.25) is 0 Å². The smallest absolute Gasteiger partial charge is 0.269 e. The van der Waals surface area contributed by atoms with Gasteiger partial charge in [0.1, 0.15) is 0 Å². The number of non-ortho nitro benzene ring substituents is 1. The number of carbonyl (C=O) groups is 2. The molecule has 0 aromatic heterocycles. The standard InChI is InChI=1S/C38H46N6O5/c1-2-33-36(40-27-45)35(29-14-16-32(17-15-29)44(47)48)37(34(41-33)26-49-25-20-39)43(28-46)22-9-21-42-23-18-38(19-24-42,30-10-5-3-6-11-30)31-12-7-4-8-13-31/h3-8,10-17,27-28,35,41H,2,9,18-26,39H2,1H3,(H,40,45). The number of carbonyl (C=O) groups excluding carboxylic acids is 2. The molecule has 0 radical (unpaired) electrons. The van der Waals surface area contributed by atoms with Gasteiger partial charge in [-0.2, -0.15) is 0 Å². The number of allylic oxidation sites excluding steroid dienone is 1. The predicted molar refractivity (Wildman–Crippen MR) is 189 cm³/mol. The molecule has 3 aromatic rings. The van der Waals surface area contributed by atoms with Crippen LogP contribution in [0.15, 0.2) is 108 Å². The van der Waals surface area contributed by atoms with Crippen LogP contribution in [0.4, 0.5) is 5.69 Å². The highest BCUT2D eigenvalue weighted by atomic mass is 16.6. The van der Waals surface area contributed by atoms with E-state index in [0.29, 0.717) is 55.2 Å². The summed E-state index contributed by atoms with van der Waals surface area (Å²) < 4.78 is 5.86. The number of nitrogens with one attached hydrogen (secondary N) is 2. The number of hydrogen-bond acceptors (Lipinski definition) is 8. The number of amides is 2. The highest BCUT2D eigenvalue weighted by Crippen LogP contribution is 2.42. The third-order valence-electron chi connectivity index (χ3n) is 9.68. The fraction of sp³-hybridized carbons (Fsp3) is 0.368. The molecule has 0 aliphatic carbocycles. The largest absolute Gasteiger partial charge is 0.374 e. The van der Waals surface area contributed by atoms with E-state index in [4.69, 9.17) is 10.5 Å². The van der Waals surface area contributed by atoms with Crippen LogP contribution in [0.25, 0.3) is 0 Å². The second kappa shape index (κ2) is 17.0. The first-order valence-electron chi connectivity index (χ1n) is 17.0. The van der Waals surface area contributed by atoms with Crippen molar-refractivity contribution < 1.29 is 19.2 Å². The second-order valence-electron chi connectivity index (χ2n) is 12.4. The molecule has 11 heteroatoms. The summed E-state index contributed by atoms with van der Waals surface area (Å²) in [5, 5.41) is 17.7. The molecule has 3 aromatic carbocycles. The highest BCUT2D eigenvalue weighted by molar-refractivity contribution is 5.60. The van der Waals surface area contributed by atoms with Crippen LogP contribution in [0, 0.1) is 10.1 Å². The van der Waals surface area contributed by atoms with Crippen molar-refractivity contribution in [2.75, 3.05) is 45.9 Å². The Morgan fingerprint density at radius 3 is 2.16 bits per heavy atom. The Morgan fingerprint density at radius 2 is 1.63 bits per heavy atom. The summed E-state index contributed by atoms with van der Waals surface area (Å²) in [5.41, 5.74) is 11.7. The van der Waals surface area contributed by atoms with Gasteiger partial charge in [-0.25, -0.2) is 0 Å². The zero-order valence-corrected chi connectivity index (χ0v) is 28.1. The van der Waals surface area contributed by atoms with E-state index in [1.165, 1.54) is 23.3 Å². The van der Waals surface area contributed by atoms with Crippen molar-refractivity contribution >= 4 is 18.5 Å². The first-order valence-corrected chi connectivity index (χ1v) is 17.0. The second-order valence-corrected chi connectivity index (χ2v) is 12.4. The van der Waals surface area contributed by atoms with E-state index in [-0.39, 0.29) is 17.7 Å². The van der Waals surface area contributed by atoms with Crippen molar-refractivity contribution in [1.82, 2.24) is 20.4 Å². The topological polar surface area (TPSA) is 143 Å². The molecule has 4 N–H and O–H groups in total. The molecular weight excluding hydrogens is 620 g/mol. The summed E-state index contributed by atoms with van der Waals surface area (Å²) in [5.74, 6) is -0.573. The molecule has 0 spiro atoms. The molecule has 1 unspecified atom stereocenters. The monoisotopic (exact) mass is 666 g/mol. The fourth-order valence-electron chi connectivity index (χ4n) is 7.24. The lowest BCUT2D eigenvalue weighted by atomic mass is 9.68. The Bertz CT molecular complexity index is 1580. The van der Waals surface area contributed by atoms with E-state index in [9.17, 15) is 19.7 Å². The number of piperidine rings is 1. The van der Waals surface area contributed by atoms with Crippen molar-refractivity contribution in [3.63, 3.8) is 0 Å². The first kappa shape index (κ1) is 35.5. The summed E-state index contributed by atoms with van der Waals surface area (Å²) in [6, 6.07) is 27.8. The number of nitrogens with two attached hydrogens (primary N) is 1. The maximum absolute atomic E-state index is 12.9. The van der Waals surface area contributed by atoms with Crippen molar-refractivity contribution in [3.05, 3.63) is 135 Å². The lowest BCUT2D eigenvalue weighted by Gasteiger charge is -2.43. The lowest BCUT2D eigenvalue weighted by Crippen LogP contribution is -2.44. The third-order valence-corrected chi connectivity index (χ3v) is 9.68. The van der Waals surface area contributed by atoms with Gasteiger partial charge in [0.15, 0.2) is 0 Å². The number of rotatable bonds is 17. The fourth-order valence-corrected chi connectivity index (χ4v) is 7.24. The summed E-state index contributed by atoms with van der Waals surface area (Å²) in [4.78, 5) is 39.9. The van der Waals surface area contributed by atoms with Crippen LogP contribution >= 0.6 is 0 Å². The number of hydrogen-bond donors (Lipinski definition) is 3. The Labute approximate surface area is 288 Å². The molecule has 1 atom stereocenters. The van der Waals surface area contributed by atoms with E-state index < -0.39 is 10.8 Å². The predicted octanol–water partition coefficient (Wildman–Crippen LogP) is 4.77. The number of nitrogens with zero attached hydrogens (tertiary/aromatic N) is 3. The zero-order valence-electron chi connectivity index (χ0n) is 28.1. The van der Waals surface area contributed by atoms with Gasteiger partial charge in [-0.15, -0.1) is 0 Å². The van der Waals surface area contributed by atoms with Crippen LogP contribution in [0.1, 0.15) is 55.2 Å². The minimum Gasteiger partial charge on any atom is -0.374 e. The molecule has 2 aliphatic heterocycles. The Kier molecular flexibility index (Phi) is 12.3. The van der Waals surface area contributed by atoms with Crippen LogP contribution in [-0.2, 0) is 19.7 Å². The summed E-state index contributed by atoms with van der Waals surface area (Å²) in [6.07, 6.45) is 4.70. The summed E-state index contributed by atoms with van der Waals surface area (Å²) >= 11 is 0. The minimum atomic E-state index is -0.573. The number of dihydropyridines is 1. The van der Waals surface area contributed by atoms with Crippen molar-refractivity contribution in [3.8, 4) is 0 Å². The lowest BCUT2D eigenvalue weighted by molar-refractivity contribution is -0.384. The molecule has 1 saturated heterocycles. The molecule has 258 valence electrons. The van der Waals surface area contributed by atoms with E-state index in [2.05, 4.69) is 76.2 Å². The third kappa shape index (κ3) is 8.07. The molecule has 0 saturated carbocycles. The van der Waals surface area contributed by atoms with Crippen LogP contribution in [0.5, 0.6) is 0 Å². The molecule has 49 heavy (non-hydrogen) atoms. The Morgan fingerprint density at radius 1 is 1.00 bits per heavy atom. The van der Waals surface area contributed by atoms with Gasteiger partial charge in [-0.3, -0.25) is 19.7 Å². The van der Waals surface area contributed by atoms with Gasteiger partial charge < -0.3 is 30.9 Å². The van der Waals surface area contributed by atoms with E-state index in [1.807, 2.05) is 6.92 Å². The first-order chi connectivity index (χ1) is 23.9. The molecule has 0 bridgehead atoms. The van der Waals surface area contributed by atoms with Crippen molar-refractivity contribution in [2.24, 2.45) is 5.73 Å². The maximum atomic E-state index is 12.9. The summed E-state index contributed by atoms with van der Waals surface area (Å²) in [6.45, 7) is 5.89. The van der Waals surface area contributed by atoms with Crippen LogP contribution in [-0.4, -0.2) is 73.5 Å². The maximum Gasteiger partial charge on any atom is 0.269 e. The van der Waals surface area contributed by atoms with Gasteiger partial charge in [0.05, 0.1) is 41.1 Å². The zero-order chi connectivity index (χ0) is 34.6. The van der Waals surface area contributed by atoms with Gasteiger partial charge in [-0.1, -0.05) is 79.7 Å². The molecule has 2 aliphatic rings. The van der Waals surface area contributed by atoms with Crippen molar-refractivity contribution in [2.45, 2.75) is 43.9 Å². The van der Waals surface area contributed by atoms with Gasteiger partial charge in [0.2, 0.25) is 12.8 Å². The average Bonchev–Trinajstić information content (AvgIpc) is 3.15. The van der Waals surface area contributed by atoms with Gasteiger partial charge in [0.25, 0.3) is 5.69 Å². The SMILES string of the molecule is CCC1=C(NC=O)C(c2ccc([N+](=O)[O-])cc2)C(N(C=O)CCCN2CCC(c3ccccc3)(c3ccccc3)CC2)=C(COCCN)N1. The molecule has 1 fully saturated rings. The Hall–Kier alpha value is -4.84. The van der Waals surface area contributed by atoms with Gasteiger partial charge >= 0.3 is 0 Å². The van der Waals surface area contributed by atoms with Gasteiger partial charge in [-0.05, 0) is 62.0 Å². The van der Waals surface area contributed by atoms with Crippen molar-refractivity contribution in [1.29, 1.82) is 0 Å². The van der Waals surface area contributed by atoms with E-state index >= 15 is 0 Å². The average molecular weight is 667 g/mol. The summed E-state index contributed by atoms with van der Waals surface area (Å²) in [7, 11) is 0. The molecule has 2 heterocycles. The minimum absolute atomic E-state index is 0.0448. The Balaban J connectivity index is 1.37. The number of ether oxygens (including phenoxy) is 1. The molecule has 2 amide bonds. The number of nitro benzene ring substituents is 1. The van der Waals surface area contributed by atoms with E-state index in [1.54, 1.807) is 17.0 Å². The number of nitro groups is 1. The number of likely N-dealkylation sites (tertiary alicyclic amines) is 1. The van der Waals surface area contributed by atoms with Crippen LogP contribution in [0.3, 0.4) is 0 Å². The highest BCUT2D eigenvalue weighted by Gasteiger charge is 2.38. The molecule has 11 nitrogen and oxygen atoms in total. The van der Waals surface area contributed by atoms with Crippen LogP contribution < -0.4 is 16.4 Å². The molecular formula is C38H46N6O5. The normalized spacial score (nSPS) is 17.7.